The molecule has 144 valence electrons. The van der Waals surface area contributed by atoms with Crippen molar-refractivity contribution in [3.05, 3.63) is 24.3 Å². The summed E-state index contributed by atoms with van der Waals surface area (Å²) in [7, 11) is 0. The van der Waals surface area contributed by atoms with Crippen molar-refractivity contribution in [1.29, 1.82) is 5.26 Å². The topological polar surface area (TPSA) is 50.6 Å². The molecule has 3 aliphatic heterocycles. The third kappa shape index (κ3) is 3.82. The van der Waals surface area contributed by atoms with E-state index in [9.17, 15) is 4.79 Å². The smallest absolute Gasteiger partial charge is 0.227 e. The van der Waals surface area contributed by atoms with E-state index in [2.05, 4.69) is 47.1 Å². The van der Waals surface area contributed by atoms with E-state index >= 15 is 0 Å². The van der Waals surface area contributed by atoms with Crippen molar-refractivity contribution in [2.75, 3.05) is 36.0 Å². The first-order valence-electron chi connectivity index (χ1n) is 10.5. The van der Waals surface area contributed by atoms with Crippen molar-refractivity contribution in [2.45, 2.75) is 57.5 Å². The zero-order valence-electron chi connectivity index (χ0n) is 16.3. The minimum atomic E-state index is 0.247. The van der Waals surface area contributed by atoms with Gasteiger partial charge in [0.1, 0.15) is 0 Å². The Morgan fingerprint density at radius 2 is 1.56 bits per heavy atom. The fourth-order valence-corrected chi connectivity index (χ4v) is 4.93. The molecule has 0 unspecified atom stereocenters. The summed E-state index contributed by atoms with van der Waals surface area (Å²) in [5.74, 6) is 0.515. The molecular weight excluding hydrogens is 336 g/mol. The molecule has 27 heavy (non-hydrogen) atoms. The molecule has 3 fully saturated rings. The monoisotopic (exact) mass is 366 g/mol. The lowest BCUT2D eigenvalue weighted by atomic mass is 9.94. The zero-order chi connectivity index (χ0) is 18.8. The van der Waals surface area contributed by atoms with Crippen molar-refractivity contribution in [3.63, 3.8) is 0 Å². The number of nitriles is 1. The Morgan fingerprint density at radius 1 is 0.926 bits per heavy atom. The van der Waals surface area contributed by atoms with Gasteiger partial charge < -0.3 is 14.7 Å². The molecule has 5 nitrogen and oxygen atoms in total. The number of hydrogen-bond donors (Lipinski definition) is 0. The molecule has 0 aliphatic carbocycles. The van der Waals surface area contributed by atoms with Gasteiger partial charge in [-0.3, -0.25) is 4.79 Å². The minimum absolute atomic E-state index is 0.247. The molecule has 0 bridgehead atoms. The molecular formula is C22H30N4O. The maximum atomic E-state index is 12.1. The van der Waals surface area contributed by atoms with Gasteiger partial charge in [0, 0.05) is 48.9 Å². The molecule has 5 heteroatoms. The first-order valence-corrected chi connectivity index (χ1v) is 10.5. The summed E-state index contributed by atoms with van der Waals surface area (Å²) in [6.07, 6.45) is 6.08. The van der Waals surface area contributed by atoms with Crippen LogP contribution in [0.5, 0.6) is 0 Å². The van der Waals surface area contributed by atoms with Gasteiger partial charge in [0.15, 0.2) is 0 Å². The number of amides is 1. The average Bonchev–Trinajstić information content (AvgIpc) is 3.06. The summed E-state index contributed by atoms with van der Waals surface area (Å²) in [6, 6.07) is 12.0. The summed E-state index contributed by atoms with van der Waals surface area (Å²) < 4.78 is 0. The third-order valence-corrected chi connectivity index (χ3v) is 6.67. The minimum Gasteiger partial charge on any atom is -0.371 e. The van der Waals surface area contributed by atoms with Crippen LogP contribution in [0.15, 0.2) is 24.3 Å². The number of carbonyl (C=O) groups excluding carboxylic acids is 1. The highest BCUT2D eigenvalue weighted by atomic mass is 16.2. The maximum absolute atomic E-state index is 12.1. The van der Waals surface area contributed by atoms with Crippen molar-refractivity contribution in [1.82, 2.24) is 4.90 Å². The van der Waals surface area contributed by atoms with Gasteiger partial charge in [0.25, 0.3) is 0 Å². The fourth-order valence-electron chi connectivity index (χ4n) is 4.93. The van der Waals surface area contributed by atoms with E-state index in [0.29, 0.717) is 18.5 Å². The van der Waals surface area contributed by atoms with Crippen LogP contribution in [0, 0.1) is 17.2 Å². The van der Waals surface area contributed by atoms with Gasteiger partial charge >= 0.3 is 0 Å². The second-order valence-corrected chi connectivity index (χ2v) is 8.33. The number of hydrogen-bond acceptors (Lipinski definition) is 4. The SMILES string of the molecule is C[C@@H]1CCC(=O)N1c1ccc(N2CCC(N3CCC(C#N)CC3)CC2)cc1. The maximum Gasteiger partial charge on any atom is 0.227 e. The normalized spacial score (nSPS) is 25.8. The number of piperidine rings is 2. The Hall–Kier alpha value is -2.06. The highest BCUT2D eigenvalue weighted by molar-refractivity contribution is 5.96. The van der Waals surface area contributed by atoms with Crippen LogP contribution in [-0.2, 0) is 4.79 Å². The number of anilines is 2. The van der Waals surface area contributed by atoms with Crippen LogP contribution in [0.1, 0.15) is 45.4 Å². The largest absolute Gasteiger partial charge is 0.371 e. The lowest BCUT2D eigenvalue weighted by molar-refractivity contribution is -0.117. The number of carbonyl (C=O) groups is 1. The molecule has 0 aromatic heterocycles. The van der Waals surface area contributed by atoms with Gasteiger partial charge in [0.05, 0.1) is 6.07 Å². The Bertz CT molecular complexity index is 694. The second kappa shape index (κ2) is 7.90. The van der Waals surface area contributed by atoms with Gasteiger partial charge in [-0.1, -0.05) is 0 Å². The molecule has 0 radical (unpaired) electrons. The summed E-state index contributed by atoms with van der Waals surface area (Å²) in [5.41, 5.74) is 2.30. The Balaban J connectivity index is 1.32. The number of benzene rings is 1. The molecule has 0 saturated carbocycles. The standard InChI is InChI=1S/C22H30N4O/c1-17-2-7-22(27)26(17)21-5-3-19(4-6-21)25-14-10-20(11-15-25)24-12-8-18(16-23)9-13-24/h3-6,17-18,20H,2,7-15H2,1H3/t17-/m1/s1. The summed E-state index contributed by atoms with van der Waals surface area (Å²) in [6.45, 7) is 6.46. The molecule has 3 aliphatic rings. The first-order chi connectivity index (χ1) is 13.2. The first kappa shape index (κ1) is 18.3. The van der Waals surface area contributed by atoms with E-state index in [0.717, 1.165) is 51.1 Å². The van der Waals surface area contributed by atoms with E-state index in [1.807, 2.05) is 4.90 Å². The predicted molar refractivity (Wildman–Crippen MR) is 108 cm³/mol. The molecule has 0 spiro atoms. The highest BCUT2D eigenvalue weighted by Crippen LogP contribution is 2.30. The van der Waals surface area contributed by atoms with Crippen LogP contribution in [0.25, 0.3) is 0 Å². The number of likely N-dealkylation sites (tertiary alicyclic amines) is 1. The van der Waals surface area contributed by atoms with Gasteiger partial charge in [0.2, 0.25) is 5.91 Å². The summed E-state index contributed by atoms with van der Waals surface area (Å²) >= 11 is 0. The van der Waals surface area contributed by atoms with Gasteiger partial charge in [-0.15, -0.1) is 0 Å². The van der Waals surface area contributed by atoms with E-state index < -0.39 is 0 Å². The average molecular weight is 367 g/mol. The van der Waals surface area contributed by atoms with Crippen LogP contribution < -0.4 is 9.80 Å². The van der Waals surface area contributed by atoms with Crippen LogP contribution in [0.3, 0.4) is 0 Å². The lowest BCUT2D eigenvalue weighted by Gasteiger charge is -2.41. The van der Waals surface area contributed by atoms with Crippen molar-refractivity contribution >= 4 is 17.3 Å². The number of rotatable bonds is 3. The Kier molecular flexibility index (Phi) is 5.36. The Morgan fingerprint density at radius 3 is 2.11 bits per heavy atom. The molecule has 1 aromatic carbocycles. The molecule has 1 atom stereocenters. The van der Waals surface area contributed by atoms with Gasteiger partial charge in [-0.25, -0.2) is 0 Å². The molecule has 1 aromatic rings. The lowest BCUT2D eigenvalue weighted by Crippen LogP contribution is -2.47. The quantitative estimate of drug-likeness (QED) is 0.823. The third-order valence-electron chi connectivity index (χ3n) is 6.67. The molecule has 1 amide bonds. The summed E-state index contributed by atoms with van der Waals surface area (Å²) in [5, 5.41) is 9.07. The number of nitrogens with zero attached hydrogens (tertiary/aromatic N) is 4. The van der Waals surface area contributed by atoms with Crippen LogP contribution >= 0.6 is 0 Å². The van der Waals surface area contributed by atoms with Crippen LogP contribution in [0.4, 0.5) is 11.4 Å². The molecule has 3 saturated heterocycles. The van der Waals surface area contributed by atoms with Gasteiger partial charge in [-0.2, -0.15) is 5.26 Å². The summed E-state index contributed by atoms with van der Waals surface area (Å²) in [4.78, 5) is 19.1. The molecule has 0 N–H and O–H groups in total. The van der Waals surface area contributed by atoms with E-state index in [-0.39, 0.29) is 11.8 Å². The second-order valence-electron chi connectivity index (χ2n) is 8.33. The fraction of sp³-hybridized carbons (Fsp3) is 0.636. The Labute approximate surface area is 162 Å². The van der Waals surface area contributed by atoms with E-state index in [1.165, 1.54) is 18.5 Å². The van der Waals surface area contributed by atoms with Crippen LogP contribution in [0.2, 0.25) is 0 Å². The van der Waals surface area contributed by atoms with Crippen molar-refractivity contribution in [3.8, 4) is 6.07 Å². The van der Waals surface area contributed by atoms with Gasteiger partial charge in [-0.05, 0) is 76.4 Å². The molecule has 3 heterocycles. The van der Waals surface area contributed by atoms with E-state index in [1.54, 1.807) is 0 Å². The highest BCUT2D eigenvalue weighted by Gasteiger charge is 2.30. The van der Waals surface area contributed by atoms with E-state index in [4.69, 9.17) is 5.26 Å². The van der Waals surface area contributed by atoms with Crippen molar-refractivity contribution in [2.24, 2.45) is 5.92 Å². The van der Waals surface area contributed by atoms with Crippen molar-refractivity contribution < 1.29 is 4.79 Å². The van der Waals surface area contributed by atoms with Crippen LogP contribution in [-0.4, -0.2) is 49.1 Å². The molecule has 4 rings (SSSR count). The zero-order valence-corrected chi connectivity index (χ0v) is 16.3. The predicted octanol–water partition coefficient (Wildman–Crippen LogP) is 3.41.